The fraction of sp³-hybridized carbons (Fsp3) is 0.143. The fourth-order valence-corrected chi connectivity index (χ4v) is 0.786. The Morgan fingerprint density at radius 3 is 2.50 bits per heavy atom. The van der Waals surface area contributed by atoms with E-state index in [2.05, 4.69) is 0 Å². The smallest absolute Gasteiger partial charge is 0.123 e. The minimum Gasteiger partial charge on any atom is -0.207 e. The van der Waals surface area contributed by atoms with E-state index in [1.165, 1.54) is 12.1 Å². The molecule has 0 aromatic heterocycles. The van der Waals surface area contributed by atoms with Gasteiger partial charge in [0.1, 0.15) is 5.82 Å². The summed E-state index contributed by atoms with van der Waals surface area (Å²) in [5, 5.41) is 0. The van der Waals surface area contributed by atoms with Gasteiger partial charge >= 0.3 is 0 Å². The Morgan fingerprint density at radius 2 is 2.10 bits per heavy atom. The topological polar surface area (TPSA) is 0 Å². The van der Waals surface area contributed by atoms with E-state index in [-0.39, 0.29) is 18.2 Å². The molecule has 0 bridgehead atoms. The van der Waals surface area contributed by atoms with Crippen LogP contribution in [0.5, 0.6) is 0 Å². The molecule has 3 heteroatoms. The molecule has 0 nitrogen and oxygen atoms in total. The maximum Gasteiger partial charge on any atom is 0.123 e. The summed E-state index contributed by atoms with van der Waals surface area (Å²) in [7, 11) is 0. The molecular weight excluding hydrogens is 174 g/mol. The van der Waals surface area contributed by atoms with Crippen molar-refractivity contribution >= 4 is 24.0 Å². The Morgan fingerprint density at radius 1 is 1.40 bits per heavy atom. The quantitative estimate of drug-likeness (QED) is 0.584. The number of halogens is 3. The Kier molecular flexibility index (Phi) is 4.41. The first-order chi connectivity index (χ1) is 4.33. The molecule has 0 N–H and O–H groups in total. The van der Waals surface area contributed by atoms with Gasteiger partial charge in [-0.05, 0) is 17.7 Å². The molecule has 1 rings (SSSR count). The standard InChI is InChI=1S/C7H6ClF.ClH/c8-5-6-2-1-3-7(9)4-6;/h1-4H,5H2;1H. The van der Waals surface area contributed by atoms with E-state index in [1.807, 2.05) is 0 Å². The summed E-state index contributed by atoms with van der Waals surface area (Å²) in [6.07, 6.45) is 0. The maximum absolute atomic E-state index is 12.3. The van der Waals surface area contributed by atoms with Crippen molar-refractivity contribution in [1.29, 1.82) is 0 Å². The average molecular weight is 181 g/mol. The number of hydrogen-bond acceptors (Lipinski definition) is 0. The second-order valence-electron chi connectivity index (χ2n) is 1.76. The minimum atomic E-state index is -0.229. The second kappa shape index (κ2) is 4.53. The van der Waals surface area contributed by atoms with Crippen LogP contribution in [0.3, 0.4) is 0 Å². The first-order valence-corrected chi connectivity index (χ1v) is 3.17. The summed E-state index contributed by atoms with van der Waals surface area (Å²) in [6, 6.07) is 6.26. The molecule has 0 aliphatic carbocycles. The van der Waals surface area contributed by atoms with Crippen LogP contribution in [0.25, 0.3) is 0 Å². The first-order valence-electron chi connectivity index (χ1n) is 2.63. The van der Waals surface area contributed by atoms with Crippen molar-refractivity contribution in [3.63, 3.8) is 0 Å². The highest BCUT2D eigenvalue weighted by Crippen LogP contribution is 2.05. The van der Waals surface area contributed by atoms with Crippen LogP contribution >= 0.6 is 24.0 Å². The molecule has 0 heterocycles. The number of rotatable bonds is 1. The first kappa shape index (κ1) is 9.73. The van der Waals surface area contributed by atoms with Gasteiger partial charge in [-0.3, -0.25) is 0 Å². The zero-order valence-electron chi connectivity index (χ0n) is 5.18. The SMILES string of the molecule is Cl.Fc1cccc(CCl)c1. The van der Waals surface area contributed by atoms with Crippen molar-refractivity contribution in [2.24, 2.45) is 0 Å². The van der Waals surface area contributed by atoms with Gasteiger partial charge in [-0.1, -0.05) is 12.1 Å². The molecule has 1 aromatic carbocycles. The van der Waals surface area contributed by atoms with Crippen molar-refractivity contribution in [2.75, 3.05) is 0 Å². The third-order valence-electron chi connectivity index (χ3n) is 1.04. The zero-order chi connectivity index (χ0) is 6.69. The summed E-state index contributed by atoms with van der Waals surface area (Å²) < 4.78 is 12.3. The number of hydrogen-bond donors (Lipinski definition) is 0. The van der Waals surface area contributed by atoms with Crippen molar-refractivity contribution in [2.45, 2.75) is 5.88 Å². The highest BCUT2D eigenvalue weighted by atomic mass is 35.5. The molecule has 0 aliphatic heterocycles. The predicted octanol–water partition coefficient (Wildman–Crippen LogP) is 2.99. The van der Waals surface area contributed by atoms with Crippen LogP contribution < -0.4 is 0 Å². The van der Waals surface area contributed by atoms with Crippen LogP contribution in [0, 0.1) is 5.82 Å². The Hall–Kier alpha value is -0.270. The molecule has 0 saturated heterocycles. The Bertz CT molecular complexity index is 201. The van der Waals surface area contributed by atoms with Gasteiger partial charge in [0.2, 0.25) is 0 Å². The molecule has 56 valence electrons. The van der Waals surface area contributed by atoms with Gasteiger partial charge in [0.25, 0.3) is 0 Å². The average Bonchev–Trinajstić information content (AvgIpc) is 1.88. The van der Waals surface area contributed by atoms with Gasteiger partial charge in [0.05, 0.1) is 0 Å². The highest BCUT2D eigenvalue weighted by Gasteiger charge is 1.90. The zero-order valence-corrected chi connectivity index (χ0v) is 6.75. The normalized spacial score (nSPS) is 8.60. The molecule has 0 radical (unpaired) electrons. The van der Waals surface area contributed by atoms with Crippen molar-refractivity contribution < 1.29 is 4.39 Å². The molecule has 0 atom stereocenters. The lowest BCUT2D eigenvalue weighted by Gasteiger charge is -1.91. The summed E-state index contributed by atoms with van der Waals surface area (Å²) in [6.45, 7) is 0. The molecule has 0 fully saturated rings. The Labute approximate surface area is 70.4 Å². The number of benzene rings is 1. The Balaban J connectivity index is 0.000000810. The molecule has 0 amide bonds. The van der Waals surface area contributed by atoms with Gasteiger partial charge in [-0.2, -0.15) is 0 Å². The van der Waals surface area contributed by atoms with E-state index in [0.717, 1.165) is 5.56 Å². The van der Waals surface area contributed by atoms with Crippen LogP contribution in [0.4, 0.5) is 4.39 Å². The lowest BCUT2D eigenvalue weighted by molar-refractivity contribution is 0.626. The molecular formula is C7H7Cl2F. The largest absolute Gasteiger partial charge is 0.207 e. The third-order valence-corrected chi connectivity index (χ3v) is 1.35. The second-order valence-corrected chi connectivity index (χ2v) is 2.03. The van der Waals surface area contributed by atoms with Gasteiger partial charge in [-0.25, -0.2) is 4.39 Å². The number of alkyl halides is 1. The highest BCUT2D eigenvalue weighted by molar-refractivity contribution is 6.17. The summed E-state index contributed by atoms with van der Waals surface area (Å²) in [5.74, 6) is 0.144. The maximum atomic E-state index is 12.3. The van der Waals surface area contributed by atoms with E-state index in [1.54, 1.807) is 12.1 Å². The van der Waals surface area contributed by atoms with E-state index in [4.69, 9.17) is 11.6 Å². The van der Waals surface area contributed by atoms with Crippen molar-refractivity contribution in [1.82, 2.24) is 0 Å². The van der Waals surface area contributed by atoms with E-state index >= 15 is 0 Å². The summed E-state index contributed by atoms with van der Waals surface area (Å²) in [4.78, 5) is 0. The van der Waals surface area contributed by atoms with Crippen LogP contribution in [-0.4, -0.2) is 0 Å². The molecule has 1 aromatic rings. The summed E-state index contributed by atoms with van der Waals surface area (Å²) in [5.41, 5.74) is 0.816. The van der Waals surface area contributed by atoms with Crippen LogP contribution in [0.1, 0.15) is 5.56 Å². The third kappa shape index (κ3) is 2.54. The van der Waals surface area contributed by atoms with E-state index in [0.29, 0.717) is 5.88 Å². The van der Waals surface area contributed by atoms with E-state index < -0.39 is 0 Å². The fourth-order valence-electron chi connectivity index (χ4n) is 0.620. The monoisotopic (exact) mass is 180 g/mol. The van der Waals surface area contributed by atoms with Gasteiger partial charge in [-0.15, -0.1) is 24.0 Å². The van der Waals surface area contributed by atoms with Crippen molar-refractivity contribution in [3.05, 3.63) is 35.6 Å². The molecule has 0 aliphatic rings. The van der Waals surface area contributed by atoms with Crippen LogP contribution in [0.15, 0.2) is 24.3 Å². The molecule has 0 unspecified atom stereocenters. The van der Waals surface area contributed by atoms with Gasteiger partial charge in [0.15, 0.2) is 0 Å². The lowest BCUT2D eigenvalue weighted by atomic mass is 10.2. The molecule has 0 spiro atoms. The molecule has 0 saturated carbocycles. The van der Waals surface area contributed by atoms with Crippen LogP contribution in [0.2, 0.25) is 0 Å². The van der Waals surface area contributed by atoms with E-state index in [9.17, 15) is 4.39 Å². The predicted molar refractivity (Wildman–Crippen MR) is 43.2 cm³/mol. The lowest BCUT2D eigenvalue weighted by Crippen LogP contribution is -1.77. The van der Waals surface area contributed by atoms with Crippen molar-refractivity contribution in [3.8, 4) is 0 Å². The minimum absolute atomic E-state index is 0. The summed E-state index contributed by atoms with van der Waals surface area (Å²) >= 11 is 5.43. The molecule has 10 heavy (non-hydrogen) atoms. The van der Waals surface area contributed by atoms with Gasteiger partial charge in [0, 0.05) is 5.88 Å². The van der Waals surface area contributed by atoms with Gasteiger partial charge < -0.3 is 0 Å². The van der Waals surface area contributed by atoms with Crippen LogP contribution in [-0.2, 0) is 5.88 Å².